The van der Waals surface area contributed by atoms with Gasteiger partial charge in [0.1, 0.15) is 11.6 Å². The SMILES string of the molecule is CCCNCc1cc(F)cc(OC(F)F)c1. The van der Waals surface area contributed by atoms with E-state index in [0.717, 1.165) is 19.0 Å². The fraction of sp³-hybridized carbons (Fsp3) is 0.455. The Morgan fingerprint density at radius 1 is 1.31 bits per heavy atom. The van der Waals surface area contributed by atoms with Crippen molar-refractivity contribution >= 4 is 0 Å². The third-order valence-electron chi connectivity index (χ3n) is 1.91. The molecule has 1 aromatic rings. The monoisotopic (exact) mass is 233 g/mol. The first-order chi connectivity index (χ1) is 7.61. The lowest BCUT2D eigenvalue weighted by Crippen LogP contribution is -2.14. The fourth-order valence-corrected chi connectivity index (χ4v) is 1.30. The summed E-state index contributed by atoms with van der Waals surface area (Å²) in [5, 5.41) is 3.05. The number of rotatable bonds is 6. The van der Waals surface area contributed by atoms with Crippen molar-refractivity contribution in [3.63, 3.8) is 0 Å². The van der Waals surface area contributed by atoms with Crippen LogP contribution in [-0.2, 0) is 6.54 Å². The fourth-order valence-electron chi connectivity index (χ4n) is 1.30. The van der Waals surface area contributed by atoms with E-state index in [4.69, 9.17) is 0 Å². The highest BCUT2D eigenvalue weighted by Gasteiger charge is 2.07. The topological polar surface area (TPSA) is 21.3 Å². The van der Waals surface area contributed by atoms with E-state index in [1.807, 2.05) is 6.92 Å². The van der Waals surface area contributed by atoms with Crippen LogP contribution < -0.4 is 10.1 Å². The molecular weight excluding hydrogens is 219 g/mol. The van der Waals surface area contributed by atoms with Crippen LogP contribution in [0.5, 0.6) is 5.75 Å². The molecular formula is C11H14F3NO. The van der Waals surface area contributed by atoms with Gasteiger partial charge >= 0.3 is 6.61 Å². The van der Waals surface area contributed by atoms with Crippen LogP contribution >= 0.6 is 0 Å². The van der Waals surface area contributed by atoms with Crippen molar-refractivity contribution in [2.24, 2.45) is 0 Å². The summed E-state index contributed by atoms with van der Waals surface area (Å²) in [5.41, 5.74) is 0.587. The Morgan fingerprint density at radius 2 is 2.06 bits per heavy atom. The highest BCUT2D eigenvalue weighted by molar-refractivity contribution is 5.29. The van der Waals surface area contributed by atoms with E-state index in [1.54, 1.807) is 0 Å². The van der Waals surface area contributed by atoms with E-state index < -0.39 is 12.4 Å². The number of ether oxygens (including phenoxy) is 1. The largest absolute Gasteiger partial charge is 0.435 e. The molecule has 0 radical (unpaired) electrons. The molecule has 0 aromatic heterocycles. The second-order valence-corrected chi connectivity index (χ2v) is 3.35. The molecule has 1 N–H and O–H groups in total. The molecule has 0 bridgehead atoms. The van der Waals surface area contributed by atoms with Crippen molar-refractivity contribution in [1.29, 1.82) is 0 Å². The van der Waals surface area contributed by atoms with Crippen LogP contribution in [0, 0.1) is 5.82 Å². The first-order valence-electron chi connectivity index (χ1n) is 5.07. The summed E-state index contributed by atoms with van der Waals surface area (Å²) in [7, 11) is 0. The third-order valence-corrected chi connectivity index (χ3v) is 1.91. The molecule has 0 aliphatic rings. The summed E-state index contributed by atoms with van der Waals surface area (Å²) in [6, 6.07) is 3.63. The summed E-state index contributed by atoms with van der Waals surface area (Å²) in [5.74, 6) is -0.727. The van der Waals surface area contributed by atoms with Gasteiger partial charge in [0.25, 0.3) is 0 Å². The lowest BCUT2D eigenvalue weighted by Gasteiger charge is -2.08. The summed E-state index contributed by atoms with van der Waals surface area (Å²) in [6.07, 6.45) is 0.954. The van der Waals surface area contributed by atoms with Gasteiger partial charge in [-0.2, -0.15) is 8.78 Å². The minimum atomic E-state index is -2.93. The molecule has 1 aromatic carbocycles. The van der Waals surface area contributed by atoms with Gasteiger partial charge in [-0.3, -0.25) is 0 Å². The lowest BCUT2D eigenvalue weighted by molar-refractivity contribution is -0.0500. The molecule has 0 saturated heterocycles. The van der Waals surface area contributed by atoms with E-state index >= 15 is 0 Å². The maximum Gasteiger partial charge on any atom is 0.387 e. The zero-order valence-electron chi connectivity index (χ0n) is 8.97. The molecule has 2 nitrogen and oxygen atoms in total. The zero-order chi connectivity index (χ0) is 12.0. The zero-order valence-corrected chi connectivity index (χ0v) is 8.97. The standard InChI is InChI=1S/C11H14F3NO/c1-2-3-15-7-8-4-9(12)6-10(5-8)16-11(13)14/h4-6,11,15H,2-3,7H2,1H3. The molecule has 0 aliphatic carbocycles. The van der Waals surface area contributed by atoms with Crippen LogP contribution in [0.4, 0.5) is 13.2 Å². The molecule has 0 aliphatic heterocycles. The molecule has 1 rings (SSSR count). The molecule has 0 heterocycles. The minimum Gasteiger partial charge on any atom is -0.435 e. The van der Waals surface area contributed by atoms with Gasteiger partial charge in [0.15, 0.2) is 0 Å². The second kappa shape index (κ2) is 6.37. The second-order valence-electron chi connectivity index (χ2n) is 3.35. The molecule has 0 unspecified atom stereocenters. The molecule has 0 atom stereocenters. The van der Waals surface area contributed by atoms with E-state index in [-0.39, 0.29) is 5.75 Å². The van der Waals surface area contributed by atoms with Gasteiger partial charge in [0.2, 0.25) is 0 Å². The quantitative estimate of drug-likeness (QED) is 0.763. The summed E-state index contributed by atoms with van der Waals surface area (Å²) >= 11 is 0. The van der Waals surface area contributed by atoms with Crippen LogP contribution in [0.2, 0.25) is 0 Å². The van der Waals surface area contributed by atoms with Crippen molar-refractivity contribution in [3.8, 4) is 5.75 Å². The number of nitrogens with one attached hydrogen (secondary N) is 1. The van der Waals surface area contributed by atoms with Gasteiger partial charge in [0.05, 0.1) is 0 Å². The molecule has 0 amide bonds. The van der Waals surface area contributed by atoms with Crippen LogP contribution in [0.1, 0.15) is 18.9 Å². The smallest absolute Gasteiger partial charge is 0.387 e. The Bertz CT molecular complexity index is 331. The van der Waals surface area contributed by atoms with Crippen LogP contribution in [0.3, 0.4) is 0 Å². The predicted octanol–water partition coefficient (Wildman–Crippen LogP) is 2.93. The Morgan fingerprint density at radius 3 is 2.69 bits per heavy atom. The van der Waals surface area contributed by atoms with Gasteiger partial charge in [-0.25, -0.2) is 4.39 Å². The Kier molecular flexibility index (Phi) is 5.11. The van der Waals surface area contributed by atoms with Crippen molar-refractivity contribution in [2.45, 2.75) is 26.5 Å². The molecule has 16 heavy (non-hydrogen) atoms. The summed E-state index contributed by atoms with van der Waals surface area (Å²) in [4.78, 5) is 0. The van der Waals surface area contributed by atoms with Gasteiger partial charge in [-0.05, 0) is 30.7 Å². The molecule has 5 heteroatoms. The summed E-state index contributed by atoms with van der Waals surface area (Å²) in [6.45, 7) is 0.301. The molecule has 0 spiro atoms. The number of alkyl halides is 2. The van der Waals surface area contributed by atoms with E-state index in [1.165, 1.54) is 12.1 Å². The van der Waals surface area contributed by atoms with E-state index in [9.17, 15) is 13.2 Å². The summed E-state index contributed by atoms with van der Waals surface area (Å²) < 4.78 is 41.0. The average Bonchev–Trinajstić information content (AvgIpc) is 2.16. The number of hydrogen-bond donors (Lipinski definition) is 1. The van der Waals surface area contributed by atoms with Gasteiger partial charge < -0.3 is 10.1 Å². The van der Waals surface area contributed by atoms with Crippen molar-refractivity contribution in [2.75, 3.05) is 6.54 Å². The normalized spacial score (nSPS) is 10.8. The lowest BCUT2D eigenvalue weighted by atomic mass is 10.2. The van der Waals surface area contributed by atoms with Crippen LogP contribution in [-0.4, -0.2) is 13.2 Å². The maximum atomic E-state index is 13.0. The maximum absolute atomic E-state index is 13.0. The van der Waals surface area contributed by atoms with Gasteiger partial charge in [0, 0.05) is 12.6 Å². The van der Waals surface area contributed by atoms with Crippen LogP contribution in [0.25, 0.3) is 0 Å². The molecule has 0 saturated carbocycles. The predicted molar refractivity (Wildman–Crippen MR) is 55.0 cm³/mol. The van der Waals surface area contributed by atoms with Crippen molar-refractivity contribution in [1.82, 2.24) is 5.32 Å². The van der Waals surface area contributed by atoms with E-state index in [0.29, 0.717) is 12.1 Å². The first kappa shape index (κ1) is 12.8. The Hall–Kier alpha value is -1.23. The van der Waals surface area contributed by atoms with Crippen molar-refractivity contribution < 1.29 is 17.9 Å². The third kappa shape index (κ3) is 4.53. The van der Waals surface area contributed by atoms with E-state index in [2.05, 4.69) is 10.1 Å². The van der Waals surface area contributed by atoms with Crippen molar-refractivity contribution in [3.05, 3.63) is 29.6 Å². The molecule has 90 valence electrons. The Balaban J connectivity index is 2.65. The first-order valence-corrected chi connectivity index (χ1v) is 5.07. The number of halogens is 3. The van der Waals surface area contributed by atoms with Gasteiger partial charge in [-0.1, -0.05) is 6.92 Å². The molecule has 0 fully saturated rings. The number of hydrogen-bond acceptors (Lipinski definition) is 2. The Labute approximate surface area is 92.4 Å². The highest BCUT2D eigenvalue weighted by atomic mass is 19.3. The minimum absolute atomic E-state index is 0.150. The van der Waals surface area contributed by atoms with Crippen LogP contribution in [0.15, 0.2) is 18.2 Å². The van der Waals surface area contributed by atoms with Gasteiger partial charge in [-0.15, -0.1) is 0 Å². The highest BCUT2D eigenvalue weighted by Crippen LogP contribution is 2.18. The average molecular weight is 233 g/mol. The number of benzene rings is 1.